The summed E-state index contributed by atoms with van der Waals surface area (Å²) in [6.45, 7) is 5.52. The normalized spacial score (nSPS) is 12.9. The molecule has 0 spiro atoms. The fraction of sp³-hybridized carbons (Fsp3) is 0.600. The Labute approximate surface area is 111 Å². The van der Waals surface area contributed by atoms with Crippen LogP contribution in [0.2, 0.25) is 5.15 Å². The van der Waals surface area contributed by atoms with Crippen LogP contribution in [0.1, 0.15) is 32.3 Å². The minimum absolute atomic E-state index is 0.00387. The highest BCUT2D eigenvalue weighted by atomic mass is 79.9. The third-order valence-corrected chi connectivity index (χ3v) is 3.18. The Hall–Kier alpha value is -0.360. The predicted molar refractivity (Wildman–Crippen MR) is 63.2 cm³/mol. The monoisotopic (exact) mass is 330 g/mol. The third-order valence-electron chi connectivity index (χ3n) is 1.93. The van der Waals surface area contributed by atoms with Crippen molar-refractivity contribution in [2.24, 2.45) is 0 Å². The van der Waals surface area contributed by atoms with Gasteiger partial charge in [-0.25, -0.2) is 9.97 Å². The molecule has 0 aliphatic heterocycles. The first-order chi connectivity index (χ1) is 7.50. The lowest BCUT2D eigenvalue weighted by atomic mass is 9.92. The van der Waals surface area contributed by atoms with Gasteiger partial charge in [-0.1, -0.05) is 32.4 Å². The zero-order valence-electron chi connectivity index (χ0n) is 9.49. The number of aromatic nitrogens is 2. The average Bonchev–Trinajstić information content (AvgIpc) is 2.06. The number of alkyl halides is 3. The zero-order valence-corrected chi connectivity index (χ0v) is 11.8. The van der Waals surface area contributed by atoms with Crippen molar-refractivity contribution in [1.29, 1.82) is 0 Å². The number of nitrogens with zero attached hydrogens (tertiary/aromatic N) is 2. The molecule has 0 amide bonds. The molecule has 0 atom stereocenters. The number of rotatable bonds is 1. The highest BCUT2D eigenvalue weighted by Crippen LogP contribution is 2.33. The summed E-state index contributed by atoms with van der Waals surface area (Å²) in [5.74, 6) is -0.310. The van der Waals surface area contributed by atoms with E-state index in [9.17, 15) is 13.2 Å². The van der Waals surface area contributed by atoms with E-state index in [2.05, 4.69) is 25.9 Å². The molecule has 1 heterocycles. The van der Waals surface area contributed by atoms with Crippen LogP contribution in [0.5, 0.6) is 0 Å². The number of hydrogen-bond acceptors (Lipinski definition) is 2. The second-order valence-corrected chi connectivity index (χ2v) is 5.79. The van der Waals surface area contributed by atoms with E-state index < -0.39 is 18.0 Å². The van der Waals surface area contributed by atoms with Gasteiger partial charge in [-0.15, -0.1) is 0 Å². The maximum atomic E-state index is 12.3. The molecule has 1 aromatic heterocycles. The summed E-state index contributed by atoms with van der Waals surface area (Å²) in [6.07, 6.45) is -5.52. The van der Waals surface area contributed by atoms with Crippen LogP contribution >= 0.6 is 27.5 Å². The smallest absolute Gasteiger partial charge is 0.236 e. The van der Waals surface area contributed by atoms with Crippen molar-refractivity contribution in [3.8, 4) is 0 Å². The standard InChI is InChI=1S/C10H11BrClF3N2/c1-9(2,3)7-6(11)8(12)17-5(16-7)4-10(13,14)15/h4H2,1-3H3. The van der Waals surface area contributed by atoms with Crippen molar-refractivity contribution < 1.29 is 13.2 Å². The molecule has 2 nitrogen and oxygen atoms in total. The van der Waals surface area contributed by atoms with Crippen LogP contribution in [0.3, 0.4) is 0 Å². The molecule has 0 N–H and O–H groups in total. The van der Waals surface area contributed by atoms with Crippen molar-refractivity contribution >= 4 is 27.5 Å². The lowest BCUT2D eigenvalue weighted by molar-refractivity contribution is -0.128. The summed E-state index contributed by atoms with van der Waals surface area (Å²) >= 11 is 8.98. The fourth-order valence-corrected chi connectivity index (χ4v) is 2.18. The minimum Gasteiger partial charge on any atom is -0.236 e. The molecule has 7 heteroatoms. The van der Waals surface area contributed by atoms with E-state index in [0.29, 0.717) is 10.2 Å². The van der Waals surface area contributed by atoms with Gasteiger partial charge in [0.15, 0.2) is 0 Å². The van der Waals surface area contributed by atoms with Crippen molar-refractivity contribution in [1.82, 2.24) is 9.97 Å². The van der Waals surface area contributed by atoms with Crippen LogP contribution in [-0.4, -0.2) is 16.1 Å². The van der Waals surface area contributed by atoms with Crippen LogP contribution in [0.4, 0.5) is 13.2 Å². The summed E-state index contributed by atoms with van der Waals surface area (Å²) in [5, 5.41) is 0.00387. The molecule has 0 aliphatic rings. The molecular weight excluding hydrogens is 320 g/mol. The second-order valence-electron chi connectivity index (χ2n) is 4.64. The van der Waals surface area contributed by atoms with Gasteiger partial charge in [-0.2, -0.15) is 13.2 Å². The molecule has 96 valence electrons. The highest BCUT2D eigenvalue weighted by molar-refractivity contribution is 9.10. The van der Waals surface area contributed by atoms with E-state index in [1.165, 1.54) is 0 Å². The molecule has 0 saturated carbocycles. The van der Waals surface area contributed by atoms with Gasteiger partial charge in [0.25, 0.3) is 0 Å². The summed E-state index contributed by atoms with van der Waals surface area (Å²) < 4.78 is 37.2. The van der Waals surface area contributed by atoms with Crippen molar-refractivity contribution in [3.63, 3.8) is 0 Å². The van der Waals surface area contributed by atoms with E-state index in [1.807, 2.05) is 20.8 Å². The largest absolute Gasteiger partial charge is 0.396 e. The molecule has 0 bridgehead atoms. The third kappa shape index (κ3) is 4.10. The van der Waals surface area contributed by atoms with Crippen LogP contribution in [0.25, 0.3) is 0 Å². The van der Waals surface area contributed by atoms with Gasteiger partial charge in [0.1, 0.15) is 17.4 Å². The molecule has 0 saturated heterocycles. The topological polar surface area (TPSA) is 25.8 Å². The Balaban J connectivity index is 3.25. The Morgan fingerprint density at radius 1 is 1.18 bits per heavy atom. The predicted octanol–water partition coefficient (Wildman–Crippen LogP) is 4.29. The molecule has 1 rings (SSSR count). The summed E-state index contributed by atoms with van der Waals surface area (Å²) in [5.41, 5.74) is 0.0583. The van der Waals surface area contributed by atoms with Crippen LogP contribution in [0, 0.1) is 0 Å². The van der Waals surface area contributed by atoms with Gasteiger partial charge < -0.3 is 0 Å². The van der Waals surface area contributed by atoms with Gasteiger partial charge >= 0.3 is 6.18 Å². The second kappa shape index (κ2) is 4.72. The molecule has 1 aromatic rings. The first kappa shape index (κ1) is 14.7. The van der Waals surface area contributed by atoms with Crippen LogP contribution in [-0.2, 0) is 11.8 Å². The Morgan fingerprint density at radius 2 is 1.71 bits per heavy atom. The van der Waals surface area contributed by atoms with E-state index in [0.717, 1.165) is 0 Å². The Kier molecular flexibility index (Phi) is 4.08. The van der Waals surface area contributed by atoms with Gasteiger partial charge in [-0.05, 0) is 15.9 Å². The maximum absolute atomic E-state index is 12.3. The average molecular weight is 332 g/mol. The fourth-order valence-electron chi connectivity index (χ4n) is 1.22. The lowest BCUT2D eigenvalue weighted by Gasteiger charge is -2.20. The Bertz CT molecular complexity index is 427. The Morgan fingerprint density at radius 3 is 2.12 bits per heavy atom. The molecule has 0 fully saturated rings. The van der Waals surface area contributed by atoms with Crippen molar-refractivity contribution in [2.75, 3.05) is 0 Å². The van der Waals surface area contributed by atoms with E-state index in [1.54, 1.807) is 0 Å². The lowest BCUT2D eigenvalue weighted by Crippen LogP contribution is -2.20. The first-order valence-corrected chi connectivity index (χ1v) is 5.97. The first-order valence-electron chi connectivity index (χ1n) is 4.80. The van der Waals surface area contributed by atoms with Crippen LogP contribution < -0.4 is 0 Å². The number of hydrogen-bond donors (Lipinski definition) is 0. The van der Waals surface area contributed by atoms with Gasteiger partial charge in [-0.3, -0.25) is 0 Å². The minimum atomic E-state index is -4.34. The molecule has 0 radical (unpaired) electrons. The summed E-state index contributed by atoms with van der Waals surface area (Å²) in [7, 11) is 0. The van der Waals surface area contributed by atoms with Gasteiger partial charge in [0.05, 0.1) is 10.2 Å². The van der Waals surface area contributed by atoms with Gasteiger partial charge in [0, 0.05) is 5.41 Å². The molecule has 0 aliphatic carbocycles. The zero-order chi connectivity index (χ0) is 13.4. The van der Waals surface area contributed by atoms with Crippen molar-refractivity contribution in [2.45, 2.75) is 38.8 Å². The van der Waals surface area contributed by atoms with E-state index in [-0.39, 0.29) is 11.0 Å². The van der Waals surface area contributed by atoms with E-state index >= 15 is 0 Å². The molecular formula is C10H11BrClF3N2. The van der Waals surface area contributed by atoms with Crippen molar-refractivity contribution in [3.05, 3.63) is 21.1 Å². The van der Waals surface area contributed by atoms with Crippen LogP contribution in [0.15, 0.2) is 4.47 Å². The quantitative estimate of drug-likeness (QED) is 0.717. The molecule has 0 aromatic carbocycles. The van der Waals surface area contributed by atoms with E-state index in [4.69, 9.17) is 11.6 Å². The SMILES string of the molecule is CC(C)(C)c1nc(CC(F)(F)F)nc(Cl)c1Br. The summed E-state index contributed by atoms with van der Waals surface area (Å²) in [4.78, 5) is 7.55. The summed E-state index contributed by atoms with van der Waals surface area (Å²) in [6, 6.07) is 0. The molecule has 17 heavy (non-hydrogen) atoms. The maximum Gasteiger partial charge on any atom is 0.396 e. The molecule has 0 unspecified atom stereocenters. The highest BCUT2D eigenvalue weighted by Gasteiger charge is 2.31. The van der Waals surface area contributed by atoms with Gasteiger partial charge in [0.2, 0.25) is 0 Å². The number of halogens is 5.